The van der Waals surface area contributed by atoms with Crippen LogP contribution in [0.15, 0.2) is 36.4 Å². The minimum atomic E-state index is -1.33. The maximum absolute atomic E-state index is 11.5. The Morgan fingerprint density at radius 2 is 1.90 bits per heavy atom. The molecule has 0 fully saturated rings. The Morgan fingerprint density at radius 1 is 1.25 bits per heavy atom. The SMILES string of the molecule is COc1nc(C)c(C)cc1N(C(=O)[O-])c1ccccc1. The lowest BCUT2D eigenvalue weighted by Crippen LogP contribution is -2.38. The van der Waals surface area contributed by atoms with Crippen LogP contribution < -0.4 is 14.7 Å². The van der Waals surface area contributed by atoms with Gasteiger partial charge in [-0.1, -0.05) is 18.2 Å². The number of ether oxygens (including phenoxy) is 1. The molecule has 104 valence electrons. The predicted molar refractivity (Wildman–Crippen MR) is 74.2 cm³/mol. The molecule has 1 aromatic carbocycles. The van der Waals surface area contributed by atoms with Crippen LogP contribution >= 0.6 is 0 Å². The monoisotopic (exact) mass is 271 g/mol. The molecule has 0 radical (unpaired) electrons. The van der Waals surface area contributed by atoms with E-state index in [0.717, 1.165) is 16.2 Å². The fraction of sp³-hybridized carbons (Fsp3) is 0.200. The first-order valence-electron chi connectivity index (χ1n) is 6.13. The van der Waals surface area contributed by atoms with E-state index in [1.54, 1.807) is 30.3 Å². The number of carbonyl (C=O) groups is 1. The van der Waals surface area contributed by atoms with Crippen molar-refractivity contribution in [3.8, 4) is 5.88 Å². The molecule has 0 aliphatic rings. The number of hydrogen-bond acceptors (Lipinski definition) is 4. The summed E-state index contributed by atoms with van der Waals surface area (Å²) in [6.07, 6.45) is -1.33. The normalized spacial score (nSPS) is 10.2. The summed E-state index contributed by atoms with van der Waals surface area (Å²) in [5.41, 5.74) is 2.50. The lowest BCUT2D eigenvalue weighted by molar-refractivity contribution is -0.245. The standard InChI is InChI=1S/C15H16N2O3/c1-10-9-13(14(20-3)16-11(10)2)17(15(18)19)12-7-5-4-6-8-12/h4-9H,1-3H3,(H,18,19)/p-1. The van der Waals surface area contributed by atoms with Gasteiger partial charge in [-0.05, 0) is 37.6 Å². The predicted octanol–water partition coefficient (Wildman–Crippen LogP) is 2.19. The first kappa shape index (κ1) is 13.9. The van der Waals surface area contributed by atoms with Crippen LogP contribution in [-0.2, 0) is 0 Å². The molecule has 2 aromatic rings. The number of carboxylic acid groups (broad SMARTS) is 1. The largest absolute Gasteiger partial charge is 0.529 e. The Balaban J connectivity index is 2.61. The Bertz CT molecular complexity index is 627. The smallest absolute Gasteiger partial charge is 0.238 e. The van der Waals surface area contributed by atoms with Crippen molar-refractivity contribution in [1.29, 1.82) is 0 Å². The molecule has 20 heavy (non-hydrogen) atoms. The molecule has 0 bridgehead atoms. The Kier molecular flexibility index (Phi) is 3.89. The highest BCUT2D eigenvalue weighted by Crippen LogP contribution is 2.33. The van der Waals surface area contributed by atoms with Crippen molar-refractivity contribution in [3.63, 3.8) is 0 Å². The number of aromatic nitrogens is 1. The van der Waals surface area contributed by atoms with Crippen molar-refractivity contribution in [3.05, 3.63) is 47.7 Å². The number of hydrogen-bond donors (Lipinski definition) is 0. The number of rotatable bonds is 3. The second-order valence-corrected chi connectivity index (χ2v) is 4.36. The van der Waals surface area contributed by atoms with Gasteiger partial charge in [-0.15, -0.1) is 0 Å². The first-order chi connectivity index (χ1) is 9.54. The third kappa shape index (κ3) is 2.56. The zero-order chi connectivity index (χ0) is 14.7. The summed E-state index contributed by atoms with van der Waals surface area (Å²) in [6, 6.07) is 10.4. The van der Waals surface area contributed by atoms with Crippen molar-refractivity contribution in [2.75, 3.05) is 12.0 Å². The van der Waals surface area contributed by atoms with E-state index in [9.17, 15) is 9.90 Å². The summed E-state index contributed by atoms with van der Waals surface area (Å²) in [7, 11) is 1.46. The molecule has 0 aliphatic heterocycles. The summed E-state index contributed by atoms with van der Waals surface area (Å²) in [5.74, 6) is 0.251. The van der Waals surface area contributed by atoms with E-state index in [1.165, 1.54) is 7.11 Å². The Morgan fingerprint density at radius 3 is 2.45 bits per heavy atom. The van der Waals surface area contributed by atoms with Gasteiger partial charge in [-0.2, -0.15) is 0 Å². The molecule has 0 saturated heterocycles. The van der Waals surface area contributed by atoms with Crippen molar-refractivity contribution in [2.45, 2.75) is 13.8 Å². The summed E-state index contributed by atoms with van der Waals surface area (Å²) in [4.78, 5) is 16.8. The molecule has 1 heterocycles. The third-order valence-corrected chi connectivity index (χ3v) is 3.04. The van der Waals surface area contributed by atoms with Crippen LogP contribution in [0, 0.1) is 13.8 Å². The lowest BCUT2D eigenvalue weighted by Gasteiger charge is -2.26. The quantitative estimate of drug-likeness (QED) is 0.858. The van der Waals surface area contributed by atoms with Crippen molar-refractivity contribution in [1.82, 2.24) is 4.98 Å². The molecule has 5 heteroatoms. The molecule has 1 aromatic heterocycles. The zero-order valence-corrected chi connectivity index (χ0v) is 11.6. The molecule has 0 aliphatic carbocycles. The number of nitrogens with zero attached hydrogens (tertiary/aromatic N) is 2. The second kappa shape index (κ2) is 5.61. The molecule has 0 atom stereocenters. The highest BCUT2D eigenvalue weighted by atomic mass is 16.5. The van der Waals surface area contributed by atoms with Gasteiger partial charge in [0.1, 0.15) is 11.8 Å². The van der Waals surface area contributed by atoms with Gasteiger partial charge in [-0.3, -0.25) is 4.90 Å². The van der Waals surface area contributed by atoms with Crippen LogP contribution in [-0.4, -0.2) is 18.2 Å². The molecule has 2 rings (SSSR count). The Labute approximate surface area is 117 Å². The van der Waals surface area contributed by atoms with Gasteiger partial charge in [0.25, 0.3) is 0 Å². The maximum Gasteiger partial charge on any atom is 0.238 e. The number of carbonyl (C=O) groups excluding carboxylic acids is 1. The van der Waals surface area contributed by atoms with E-state index in [0.29, 0.717) is 11.4 Å². The number of methoxy groups -OCH3 is 1. The number of amides is 1. The average Bonchev–Trinajstić information content (AvgIpc) is 2.43. The van der Waals surface area contributed by atoms with E-state index in [4.69, 9.17) is 4.74 Å². The number of para-hydroxylation sites is 1. The first-order valence-corrected chi connectivity index (χ1v) is 6.13. The molecule has 5 nitrogen and oxygen atoms in total. The highest BCUT2D eigenvalue weighted by molar-refractivity contribution is 5.95. The van der Waals surface area contributed by atoms with Gasteiger partial charge in [0, 0.05) is 11.4 Å². The van der Waals surface area contributed by atoms with Crippen LogP contribution in [0.4, 0.5) is 16.2 Å². The topological polar surface area (TPSA) is 65.5 Å². The highest BCUT2D eigenvalue weighted by Gasteiger charge is 2.17. The van der Waals surface area contributed by atoms with Crippen LogP contribution in [0.5, 0.6) is 5.88 Å². The molecule has 0 saturated carbocycles. The van der Waals surface area contributed by atoms with Gasteiger partial charge in [0.15, 0.2) is 0 Å². The lowest BCUT2D eigenvalue weighted by atomic mass is 10.2. The molecule has 0 N–H and O–H groups in total. The summed E-state index contributed by atoms with van der Waals surface area (Å²) in [6.45, 7) is 3.71. The average molecular weight is 271 g/mol. The molecule has 0 spiro atoms. The minimum absolute atomic E-state index is 0.251. The summed E-state index contributed by atoms with van der Waals surface area (Å²) < 4.78 is 5.19. The van der Waals surface area contributed by atoms with Gasteiger partial charge in [0.05, 0.1) is 7.11 Å². The van der Waals surface area contributed by atoms with Gasteiger partial charge in [0.2, 0.25) is 5.88 Å². The van der Waals surface area contributed by atoms with E-state index in [1.807, 2.05) is 19.9 Å². The van der Waals surface area contributed by atoms with Crippen molar-refractivity contribution < 1.29 is 14.6 Å². The number of benzene rings is 1. The van der Waals surface area contributed by atoms with Crippen LogP contribution in [0.1, 0.15) is 11.3 Å². The minimum Gasteiger partial charge on any atom is -0.529 e. The van der Waals surface area contributed by atoms with E-state index in [-0.39, 0.29) is 5.88 Å². The zero-order valence-electron chi connectivity index (χ0n) is 11.6. The van der Waals surface area contributed by atoms with Crippen LogP contribution in [0.2, 0.25) is 0 Å². The molecular weight excluding hydrogens is 256 g/mol. The van der Waals surface area contributed by atoms with Crippen molar-refractivity contribution >= 4 is 17.5 Å². The molecule has 0 unspecified atom stereocenters. The number of pyridine rings is 1. The summed E-state index contributed by atoms with van der Waals surface area (Å²) in [5, 5.41) is 11.5. The summed E-state index contributed by atoms with van der Waals surface area (Å²) >= 11 is 0. The number of anilines is 2. The van der Waals surface area contributed by atoms with Gasteiger partial charge >= 0.3 is 0 Å². The van der Waals surface area contributed by atoms with E-state index in [2.05, 4.69) is 4.98 Å². The molecular formula is C15H15N2O3-. The van der Waals surface area contributed by atoms with Gasteiger partial charge < -0.3 is 14.6 Å². The second-order valence-electron chi connectivity index (χ2n) is 4.36. The van der Waals surface area contributed by atoms with E-state index >= 15 is 0 Å². The van der Waals surface area contributed by atoms with Crippen molar-refractivity contribution in [2.24, 2.45) is 0 Å². The molecule has 1 amide bonds. The third-order valence-electron chi connectivity index (χ3n) is 3.04. The number of aryl methyl sites for hydroxylation is 2. The van der Waals surface area contributed by atoms with Crippen LogP contribution in [0.25, 0.3) is 0 Å². The van der Waals surface area contributed by atoms with Crippen LogP contribution in [0.3, 0.4) is 0 Å². The maximum atomic E-state index is 11.5. The van der Waals surface area contributed by atoms with E-state index < -0.39 is 6.09 Å². The fourth-order valence-corrected chi connectivity index (χ4v) is 1.90. The van der Waals surface area contributed by atoms with Gasteiger partial charge in [-0.25, -0.2) is 4.98 Å². The fourth-order valence-electron chi connectivity index (χ4n) is 1.90. The Hall–Kier alpha value is -2.56.